The number of fused-ring (bicyclic) bond motifs is 1. The fourth-order valence-electron chi connectivity index (χ4n) is 12.1. The molecule has 3 fully saturated rings. The first kappa shape index (κ1) is 67.5. The molecule has 6 N–H and O–H groups in total. The van der Waals surface area contributed by atoms with Crippen molar-refractivity contribution in [3.05, 3.63) is 45.7 Å². The van der Waals surface area contributed by atoms with Gasteiger partial charge in [-0.25, -0.2) is 4.79 Å². The van der Waals surface area contributed by atoms with Crippen molar-refractivity contribution in [3.63, 3.8) is 0 Å². The third-order valence-electron chi connectivity index (χ3n) is 16.8. The lowest BCUT2D eigenvalue weighted by Gasteiger charge is -2.49. The van der Waals surface area contributed by atoms with Gasteiger partial charge in [0.05, 0.1) is 59.4 Å². The number of hydrogen-bond donors (Lipinski definition) is 6. The van der Waals surface area contributed by atoms with E-state index in [0.717, 1.165) is 5.56 Å². The van der Waals surface area contributed by atoms with E-state index in [0.29, 0.717) is 63.0 Å². The van der Waals surface area contributed by atoms with E-state index in [1.165, 1.54) is 20.2 Å². The first-order valence-corrected chi connectivity index (χ1v) is 30.0. The molecule has 3 saturated heterocycles. The molecule has 23 heteroatoms. The minimum Gasteiger partial charge on any atom is -0.477 e. The summed E-state index contributed by atoms with van der Waals surface area (Å²) in [5, 5.41) is 61.1. The number of pyridine rings is 1. The summed E-state index contributed by atoms with van der Waals surface area (Å²) in [6.45, 7) is 21.0. The maximum absolute atomic E-state index is 14.6. The van der Waals surface area contributed by atoms with Crippen LogP contribution in [0.4, 0.5) is 0 Å². The number of hydrogen-bond acceptors (Lipinski definition) is 20. The Labute approximate surface area is 473 Å². The van der Waals surface area contributed by atoms with Crippen molar-refractivity contribution in [3.8, 4) is 0 Å². The summed E-state index contributed by atoms with van der Waals surface area (Å²) in [5.74, 6) is -4.67. The van der Waals surface area contributed by atoms with Gasteiger partial charge in [-0.1, -0.05) is 26.8 Å². The van der Waals surface area contributed by atoms with Crippen LogP contribution in [0.25, 0.3) is 10.9 Å². The Kier molecular flexibility index (Phi) is 24.1. The second kappa shape index (κ2) is 28.6. The summed E-state index contributed by atoms with van der Waals surface area (Å²) < 4.78 is 79.2. The van der Waals surface area contributed by atoms with Gasteiger partial charge in [0.25, 0.3) is 10.1 Å². The van der Waals surface area contributed by atoms with Crippen LogP contribution in [0.1, 0.15) is 124 Å². The Morgan fingerprint density at radius 2 is 1.64 bits per heavy atom. The van der Waals surface area contributed by atoms with Crippen LogP contribution < -0.4 is 10.7 Å². The Bertz CT molecular complexity index is 2510. The number of aliphatic hydroxyl groups is 4. The van der Waals surface area contributed by atoms with E-state index >= 15 is 0 Å². The molecule has 22 nitrogen and oxygen atoms in total. The summed E-state index contributed by atoms with van der Waals surface area (Å²) >= 11 is 0. The number of aliphatic hydroxyl groups excluding tert-OH is 2. The van der Waals surface area contributed by atoms with Crippen LogP contribution in [0.15, 0.2) is 29.2 Å². The molecule has 18 atom stereocenters. The zero-order valence-corrected chi connectivity index (χ0v) is 50.8. The summed E-state index contributed by atoms with van der Waals surface area (Å²) in [5.41, 5.74) is -4.14. The monoisotopic (exact) mass is 1160 g/mol. The van der Waals surface area contributed by atoms with Gasteiger partial charge >= 0.3 is 11.9 Å². The Hall–Kier alpha value is -3.24. The molecular formula is C57H96N4O18S. The van der Waals surface area contributed by atoms with Crippen molar-refractivity contribution in [2.45, 2.75) is 212 Å². The quantitative estimate of drug-likeness (QED) is 0.0592. The van der Waals surface area contributed by atoms with E-state index in [-0.39, 0.29) is 55.2 Å². The Morgan fingerprint density at radius 1 is 0.950 bits per heavy atom. The van der Waals surface area contributed by atoms with Gasteiger partial charge in [0.2, 0.25) is 5.43 Å². The highest BCUT2D eigenvalue weighted by molar-refractivity contribution is 7.86. The van der Waals surface area contributed by atoms with Crippen LogP contribution in [-0.4, -0.2) is 217 Å². The average Bonchev–Trinajstić information content (AvgIpc) is 3.38. The number of esters is 1. The highest BCUT2D eigenvalue weighted by Gasteiger charge is 2.54. The second-order valence-corrected chi connectivity index (χ2v) is 25.5. The molecule has 0 saturated carbocycles. The third-order valence-corrected chi connectivity index (χ3v) is 18.0. The molecule has 3 aliphatic heterocycles. The number of nitrogens with zero attached hydrogens (tertiary/aromatic N) is 3. The number of carboxylic acid groups (broad SMARTS) is 1. The van der Waals surface area contributed by atoms with Crippen LogP contribution in [0.5, 0.6) is 0 Å². The number of nitrogens with one attached hydrogen (secondary N) is 1. The minimum absolute atomic E-state index is 0.0494. The number of ether oxygens (including phenoxy) is 7. The molecule has 80 heavy (non-hydrogen) atoms. The zero-order chi connectivity index (χ0) is 59.8. The second-order valence-electron chi connectivity index (χ2n) is 23.8. The third kappa shape index (κ3) is 16.6. The first-order valence-electron chi connectivity index (χ1n) is 28.5. The Balaban J connectivity index is 1.28. The Morgan fingerprint density at radius 3 is 2.26 bits per heavy atom. The van der Waals surface area contributed by atoms with Crippen molar-refractivity contribution in [1.29, 1.82) is 0 Å². The highest BCUT2D eigenvalue weighted by Crippen LogP contribution is 2.41. The number of rotatable bonds is 21. The maximum Gasteiger partial charge on any atom is 0.341 e. The van der Waals surface area contributed by atoms with Crippen LogP contribution >= 0.6 is 0 Å². The molecule has 0 spiro atoms. The van der Waals surface area contributed by atoms with Crippen molar-refractivity contribution >= 4 is 33.0 Å². The maximum atomic E-state index is 14.6. The van der Waals surface area contributed by atoms with Gasteiger partial charge in [-0.15, -0.1) is 0 Å². The summed E-state index contributed by atoms with van der Waals surface area (Å²) in [4.78, 5) is 43.0. The number of carbonyl (C=O) groups excluding carboxylic acids is 1. The van der Waals surface area contributed by atoms with Crippen LogP contribution in [0, 0.1) is 17.8 Å². The van der Waals surface area contributed by atoms with Crippen LogP contribution in [0.3, 0.4) is 0 Å². The number of carbonyl (C=O) groups is 2. The predicted octanol–water partition coefficient (Wildman–Crippen LogP) is 3.53. The molecule has 0 amide bonds. The lowest BCUT2D eigenvalue weighted by molar-refractivity contribution is -0.316. The number of aromatic carboxylic acids is 1. The van der Waals surface area contributed by atoms with Gasteiger partial charge in [0.1, 0.15) is 35.6 Å². The van der Waals surface area contributed by atoms with Gasteiger partial charge < -0.3 is 78.4 Å². The van der Waals surface area contributed by atoms with Crippen molar-refractivity contribution in [2.75, 3.05) is 66.9 Å². The topological polar surface area (TPSA) is 284 Å². The average molecular weight is 1160 g/mol. The molecule has 458 valence electrons. The molecule has 0 radical (unpaired) electrons. The van der Waals surface area contributed by atoms with Gasteiger partial charge in [-0.3, -0.25) is 13.8 Å². The first-order chi connectivity index (χ1) is 37.3. The zero-order valence-electron chi connectivity index (χ0n) is 50.0. The lowest BCUT2D eigenvalue weighted by atomic mass is 9.77. The fourth-order valence-corrected chi connectivity index (χ4v) is 13.2. The molecule has 0 bridgehead atoms. The molecule has 5 rings (SSSR count). The van der Waals surface area contributed by atoms with Crippen molar-refractivity contribution in [1.82, 2.24) is 19.7 Å². The number of cyclic esters (lactones) is 1. The van der Waals surface area contributed by atoms with E-state index in [1.54, 1.807) is 59.1 Å². The standard InChI is InChI=1S/C57H96N4O18S/c1-16-44-57(11,69)49(64)37(7)60(14)31-33(3)29-55(9,68)50(78-54-47(63)43(59(12)13)27-34(4)74-54)35(5)48(36(6)53(67)76-44)77-45-30-56(10,72-15)51(38(8)75-45)79-80(70,71)26-23-58-22-25-73-24-18-19-39-20-21-42-40(28-39)46(62)41(52(65)66)32-61(42)17-2/h20-21,28,32-38,43-45,47-51,54,58,63-64,68-69H,16-19,22-27,29-31H2,1-15H3,(H,65,66)/t33-,34-,35+,36-,37-,38+,43+,44-,45+,47-,48+,49-,50-,51+,54+,55-,56-,57-/m1/s1. The summed E-state index contributed by atoms with van der Waals surface area (Å²) in [6.07, 6.45) is -7.38. The van der Waals surface area contributed by atoms with E-state index < -0.39 is 117 Å². The largest absolute Gasteiger partial charge is 0.477 e. The SMILES string of the molecule is CC[C@H]1OC(=O)[C@H](C)[C@@H](O[C@H]2C[C@@](C)(OC)[C@@H](OS(=O)(=O)CCNCCOCCCc3ccc4c(c3)c(=O)c(C(=O)O)cn4CC)[C@H](C)O2)[C@H](C)[C@@H](O[C@@H]2O[C@H](C)C[C@H](N(C)C)[C@H]2O)[C@](C)(O)C[C@@H](C)CN(C)[C@H](C)[C@@H](O)[C@]1(C)O. The van der Waals surface area contributed by atoms with Crippen molar-refractivity contribution < 1.29 is 80.9 Å². The van der Waals surface area contributed by atoms with Crippen molar-refractivity contribution in [2.24, 2.45) is 17.8 Å². The van der Waals surface area contributed by atoms with Gasteiger partial charge in [-0.05, 0) is 132 Å². The van der Waals surface area contributed by atoms with E-state index in [2.05, 4.69) is 5.32 Å². The lowest BCUT2D eigenvalue weighted by Crippen LogP contribution is -2.61. The molecule has 1 aromatic carbocycles. The molecule has 3 aliphatic rings. The molecule has 4 heterocycles. The number of aromatic nitrogens is 1. The molecule has 2 aromatic rings. The van der Waals surface area contributed by atoms with Crippen LogP contribution in [0.2, 0.25) is 0 Å². The smallest absolute Gasteiger partial charge is 0.341 e. The normalized spacial score (nSPS) is 36.6. The molecule has 1 aromatic heterocycles. The predicted molar refractivity (Wildman–Crippen MR) is 300 cm³/mol. The van der Waals surface area contributed by atoms with Gasteiger partial charge in [0.15, 0.2) is 12.6 Å². The minimum atomic E-state index is -4.19. The number of methoxy groups -OCH3 is 1. The summed E-state index contributed by atoms with van der Waals surface area (Å²) in [7, 11) is 2.77. The molecule has 0 unspecified atom stereocenters. The van der Waals surface area contributed by atoms with E-state index in [1.807, 2.05) is 63.8 Å². The van der Waals surface area contributed by atoms with Gasteiger partial charge in [0, 0.05) is 75.9 Å². The van der Waals surface area contributed by atoms with E-state index in [4.69, 9.17) is 37.3 Å². The van der Waals surface area contributed by atoms with E-state index in [9.17, 15) is 48.3 Å². The highest BCUT2D eigenvalue weighted by atomic mass is 32.2. The fraction of sp³-hybridized carbons (Fsp3) is 0.807. The number of likely N-dealkylation sites (N-methyl/N-ethyl adjacent to an activating group) is 2. The van der Waals surface area contributed by atoms with Gasteiger partial charge in [-0.2, -0.15) is 8.42 Å². The molecule has 0 aliphatic carbocycles. The van der Waals surface area contributed by atoms with Crippen LogP contribution in [-0.2, 0) is 65.2 Å². The number of carboxylic acids is 1. The number of benzene rings is 1. The summed E-state index contributed by atoms with van der Waals surface area (Å²) in [6, 6.07) is 4.52. The molecular weight excluding hydrogens is 1060 g/mol. The number of aryl methyl sites for hydroxylation is 2.